The van der Waals surface area contributed by atoms with Crippen LogP contribution in [0.1, 0.15) is 33.4 Å². The highest BCUT2D eigenvalue weighted by Crippen LogP contribution is 2.31. The number of alkyl halides is 1. The zero-order valence-electron chi connectivity index (χ0n) is 12.2. The van der Waals surface area contributed by atoms with Gasteiger partial charge in [0.25, 0.3) is 0 Å². The van der Waals surface area contributed by atoms with Crippen molar-refractivity contribution in [2.24, 2.45) is 0 Å². The molecule has 0 bridgehead atoms. The zero-order chi connectivity index (χ0) is 15.1. The van der Waals surface area contributed by atoms with Crippen LogP contribution >= 0.6 is 34.5 Å². The predicted molar refractivity (Wildman–Crippen MR) is 91.9 cm³/mol. The lowest BCUT2D eigenvalue weighted by Crippen LogP contribution is -2.04. The van der Waals surface area contributed by atoms with Crippen molar-refractivity contribution in [2.45, 2.75) is 32.7 Å². The molecule has 110 valence electrons. The van der Waals surface area contributed by atoms with Gasteiger partial charge in [-0.1, -0.05) is 17.7 Å². The smallest absolute Gasteiger partial charge is 0.128 e. The molecule has 0 spiro atoms. The number of halogens is 2. The maximum atomic E-state index is 6.31. The van der Waals surface area contributed by atoms with Crippen LogP contribution in [0.4, 0.5) is 0 Å². The van der Waals surface area contributed by atoms with E-state index in [1.807, 2.05) is 36.5 Å². The molecule has 2 aromatic heterocycles. The second-order valence-electron chi connectivity index (χ2n) is 5.23. The van der Waals surface area contributed by atoms with Crippen LogP contribution in [-0.4, -0.2) is 9.55 Å². The number of aryl methyl sites for hydroxylation is 2. The number of imidazole rings is 1. The number of hydrogen-bond donors (Lipinski definition) is 0. The fourth-order valence-electron chi connectivity index (χ4n) is 2.48. The molecule has 0 saturated carbocycles. The summed E-state index contributed by atoms with van der Waals surface area (Å²) in [6.07, 6.45) is 0. The maximum Gasteiger partial charge on any atom is 0.128 e. The van der Waals surface area contributed by atoms with E-state index in [1.165, 1.54) is 15.3 Å². The van der Waals surface area contributed by atoms with Crippen LogP contribution < -0.4 is 0 Å². The fourth-order valence-corrected chi connectivity index (χ4v) is 3.91. The van der Waals surface area contributed by atoms with Crippen LogP contribution in [0, 0.1) is 13.8 Å². The topological polar surface area (TPSA) is 17.8 Å². The first-order valence-corrected chi connectivity index (χ1v) is 8.45. The van der Waals surface area contributed by atoms with E-state index < -0.39 is 0 Å². The second kappa shape index (κ2) is 5.64. The Balaban J connectivity index is 2.15. The van der Waals surface area contributed by atoms with E-state index in [4.69, 9.17) is 23.2 Å². The maximum absolute atomic E-state index is 6.31. The van der Waals surface area contributed by atoms with Crippen LogP contribution in [0.25, 0.3) is 11.0 Å². The summed E-state index contributed by atoms with van der Waals surface area (Å²) in [5.74, 6) is 0.864. The molecular formula is C16H16Cl2N2S. The van der Waals surface area contributed by atoms with Gasteiger partial charge in [-0.3, -0.25) is 0 Å². The molecule has 0 saturated heterocycles. The van der Waals surface area contributed by atoms with Crippen molar-refractivity contribution in [3.8, 4) is 0 Å². The lowest BCUT2D eigenvalue weighted by molar-refractivity contribution is 0.750. The average Bonchev–Trinajstić information content (AvgIpc) is 2.93. The molecule has 5 heteroatoms. The minimum atomic E-state index is -0.157. The monoisotopic (exact) mass is 338 g/mol. The van der Waals surface area contributed by atoms with Crippen molar-refractivity contribution in [1.82, 2.24) is 9.55 Å². The number of aromatic nitrogens is 2. The second-order valence-corrected chi connectivity index (χ2v) is 7.63. The molecule has 0 aliphatic heterocycles. The SMILES string of the molecule is Cc1cc(Cn2c(C(C)Cl)nc3c(Cl)cccc32)sc1C. The number of thiophene rings is 1. The van der Waals surface area contributed by atoms with Crippen molar-refractivity contribution < 1.29 is 0 Å². The molecule has 2 nitrogen and oxygen atoms in total. The van der Waals surface area contributed by atoms with Crippen molar-refractivity contribution in [3.05, 3.63) is 50.4 Å². The number of para-hydroxylation sites is 1. The van der Waals surface area contributed by atoms with Gasteiger partial charge in [-0.25, -0.2) is 4.98 Å². The summed E-state index contributed by atoms with van der Waals surface area (Å²) in [5, 5.41) is 0.513. The lowest BCUT2D eigenvalue weighted by Gasteiger charge is -2.09. The molecule has 1 unspecified atom stereocenters. The number of hydrogen-bond acceptors (Lipinski definition) is 2. The Labute approximate surface area is 138 Å². The Morgan fingerprint density at radius 1 is 1.33 bits per heavy atom. The van der Waals surface area contributed by atoms with Crippen LogP contribution in [-0.2, 0) is 6.54 Å². The molecule has 0 amide bonds. The molecule has 0 aliphatic carbocycles. The Kier molecular flexibility index (Phi) is 4.00. The molecule has 1 atom stereocenters. The molecule has 2 heterocycles. The van der Waals surface area contributed by atoms with E-state index in [0.717, 1.165) is 23.4 Å². The third kappa shape index (κ3) is 2.70. The van der Waals surface area contributed by atoms with Crippen molar-refractivity contribution in [3.63, 3.8) is 0 Å². The van der Waals surface area contributed by atoms with Gasteiger partial charge in [0.15, 0.2) is 0 Å². The zero-order valence-corrected chi connectivity index (χ0v) is 14.5. The van der Waals surface area contributed by atoms with Gasteiger partial charge in [0.1, 0.15) is 11.3 Å². The van der Waals surface area contributed by atoms with E-state index in [0.29, 0.717) is 5.02 Å². The Morgan fingerprint density at radius 3 is 2.71 bits per heavy atom. The Morgan fingerprint density at radius 2 is 2.10 bits per heavy atom. The highest BCUT2D eigenvalue weighted by Gasteiger charge is 2.17. The molecule has 3 rings (SSSR count). The van der Waals surface area contributed by atoms with Gasteiger partial charge in [0.05, 0.1) is 22.5 Å². The summed E-state index contributed by atoms with van der Waals surface area (Å²) in [6.45, 7) is 7.02. The summed E-state index contributed by atoms with van der Waals surface area (Å²) in [5.41, 5.74) is 3.19. The first-order chi connectivity index (χ1) is 9.97. The molecule has 0 aliphatic rings. The van der Waals surface area contributed by atoms with Crippen molar-refractivity contribution >= 4 is 45.6 Å². The quantitative estimate of drug-likeness (QED) is 0.558. The van der Waals surface area contributed by atoms with Gasteiger partial charge >= 0.3 is 0 Å². The first kappa shape index (κ1) is 14.9. The fraction of sp³-hybridized carbons (Fsp3) is 0.312. The van der Waals surface area contributed by atoms with Crippen molar-refractivity contribution in [1.29, 1.82) is 0 Å². The highest BCUT2D eigenvalue weighted by atomic mass is 35.5. The first-order valence-electron chi connectivity index (χ1n) is 6.82. The summed E-state index contributed by atoms with van der Waals surface area (Å²) in [7, 11) is 0. The number of fused-ring (bicyclic) bond motifs is 1. The van der Waals surface area contributed by atoms with E-state index >= 15 is 0 Å². The van der Waals surface area contributed by atoms with Crippen molar-refractivity contribution in [2.75, 3.05) is 0 Å². The minimum absolute atomic E-state index is 0.157. The van der Waals surface area contributed by atoms with Gasteiger partial charge in [-0.05, 0) is 44.5 Å². The van der Waals surface area contributed by atoms with E-state index in [9.17, 15) is 0 Å². The largest absolute Gasteiger partial charge is 0.321 e. The molecule has 21 heavy (non-hydrogen) atoms. The lowest BCUT2D eigenvalue weighted by atomic mass is 10.2. The van der Waals surface area contributed by atoms with E-state index in [-0.39, 0.29) is 5.38 Å². The summed E-state index contributed by atoms with van der Waals surface area (Å²) < 4.78 is 2.17. The molecule has 0 N–H and O–H groups in total. The number of benzene rings is 1. The Bertz CT molecular complexity index is 783. The summed E-state index contributed by atoms with van der Waals surface area (Å²) in [6, 6.07) is 8.10. The highest BCUT2D eigenvalue weighted by molar-refractivity contribution is 7.12. The van der Waals surface area contributed by atoms with Crippen LogP contribution in [0.5, 0.6) is 0 Å². The number of rotatable bonds is 3. The molecular weight excluding hydrogens is 323 g/mol. The minimum Gasteiger partial charge on any atom is -0.321 e. The van der Waals surface area contributed by atoms with Crippen LogP contribution in [0.2, 0.25) is 5.02 Å². The standard InChI is InChI=1S/C16H16Cl2N2S/c1-9-7-12(21-11(9)3)8-20-14-6-4-5-13(18)15(14)19-16(20)10(2)17/h4-7,10H,8H2,1-3H3. The van der Waals surface area contributed by atoms with Gasteiger partial charge in [-0.15, -0.1) is 22.9 Å². The third-order valence-electron chi connectivity index (χ3n) is 3.65. The summed E-state index contributed by atoms with van der Waals surface area (Å²) >= 11 is 14.4. The van der Waals surface area contributed by atoms with E-state index in [2.05, 4.69) is 29.5 Å². The molecule has 0 radical (unpaired) electrons. The van der Waals surface area contributed by atoms with Crippen LogP contribution in [0.15, 0.2) is 24.3 Å². The van der Waals surface area contributed by atoms with Gasteiger partial charge in [0.2, 0.25) is 0 Å². The summed E-state index contributed by atoms with van der Waals surface area (Å²) in [4.78, 5) is 7.30. The van der Waals surface area contributed by atoms with Gasteiger partial charge in [0, 0.05) is 9.75 Å². The number of nitrogens with zero attached hydrogens (tertiary/aromatic N) is 2. The van der Waals surface area contributed by atoms with Gasteiger partial charge < -0.3 is 4.57 Å². The third-order valence-corrected chi connectivity index (χ3v) is 5.28. The average molecular weight is 339 g/mol. The van der Waals surface area contributed by atoms with Gasteiger partial charge in [-0.2, -0.15) is 0 Å². The molecule has 3 aromatic rings. The van der Waals surface area contributed by atoms with Crippen LogP contribution in [0.3, 0.4) is 0 Å². The normalized spacial score (nSPS) is 13.0. The van der Waals surface area contributed by atoms with E-state index in [1.54, 1.807) is 0 Å². The molecule has 0 fully saturated rings. The molecule has 1 aromatic carbocycles. The predicted octanol–water partition coefficient (Wildman–Crippen LogP) is 5.72. The Hall–Kier alpha value is -1.03.